The van der Waals surface area contributed by atoms with E-state index in [1.165, 1.54) is 125 Å². The number of hydrogen-bond donors (Lipinski definition) is 0. The average molecular weight is 944 g/mol. The summed E-state index contributed by atoms with van der Waals surface area (Å²) in [7, 11) is 0. The molecule has 1 fully saturated rings. The Balaban J connectivity index is 1.18. The van der Waals surface area contributed by atoms with Gasteiger partial charge in [0.2, 0.25) is 0 Å². The lowest BCUT2D eigenvalue weighted by Gasteiger charge is -2.49. The predicted octanol–water partition coefficient (Wildman–Crippen LogP) is 16.4. The molecule has 72 heavy (non-hydrogen) atoms. The molecule has 0 aromatic heterocycles. The van der Waals surface area contributed by atoms with Crippen LogP contribution in [0.15, 0.2) is 133 Å². The number of rotatable bonds is 2. The molecule has 4 aliphatic heterocycles. The van der Waals surface area contributed by atoms with Gasteiger partial charge in [-0.05, 0) is 170 Å². The fourth-order valence-electron chi connectivity index (χ4n) is 14.8. The fraction of sp³-hybridized carbons (Fsp3) is 0.382. The second-order valence-corrected chi connectivity index (χ2v) is 27.4. The Morgan fingerprint density at radius 2 is 1.10 bits per heavy atom. The molecule has 13 rings (SSSR count). The Kier molecular flexibility index (Phi) is 9.30. The summed E-state index contributed by atoms with van der Waals surface area (Å²) < 4.78 is 0. The molecule has 1 saturated carbocycles. The number of benzene rings is 7. The van der Waals surface area contributed by atoms with Crippen LogP contribution < -0.4 is 31.1 Å². The zero-order valence-electron chi connectivity index (χ0n) is 45.7. The van der Waals surface area contributed by atoms with Gasteiger partial charge in [0.05, 0.1) is 11.2 Å². The van der Waals surface area contributed by atoms with Crippen LogP contribution >= 0.6 is 0 Å². The summed E-state index contributed by atoms with van der Waals surface area (Å²) in [5.41, 5.74) is 26.8. The highest BCUT2D eigenvalue weighted by atomic mass is 15.3. The van der Waals surface area contributed by atoms with Gasteiger partial charge in [0.25, 0.3) is 6.71 Å². The lowest BCUT2D eigenvalue weighted by atomic mass is 9.33. The summed E-state index contributed by atoms with van der Waals surface area (Å²) in [4.78, 5) is 8.21. The minimum atomic E-state index is -0.152. The highest BCUT2D eigenvalue weighted by Crippen LogP contribution is 2.64. The Morgan fingerprint density at radius 1 is 0.444 bits per heavy atom. The van der Waals surface area contributed by atoms with Crippen molar-refractivity contribution in [3.05, 3.63) is 172 Å². The Bertz CT molecular complexity index is 3450. The molecule has 0 radical (unpaired) electrons. The van der Waals surface area contributed by atoms with Crippen LogP contribution in [0.1, 0.15) is 168 Å². The van der Waals surface area contributed by atoms with Crippen LogP contribution in [-0.2, 0) is 32.5 Å². The first-order chi connectivity index (χ1) is 33.9. The van der Waals surface area contributed by atoms with Gasteiger partial charge in [-0.25, -0.2) is 0 Å². The third-order valence-electron chi connectivity index (χ3n) is 19.6. The maximum atomic E-state index is 2.82. The molecule has 0 spiro atoms. The van der Waals surface area contributed by atoms with E-state index in [4.69, 9.17) is 0 Å². The topological polar surface area (TPSA) is 9.72 Å². The number of nitrogens with zero attached hydrogens (tertiary/aromatic N) is 3. The molecule has 4 heterocycles. The van der Waals surface area contributed by atoms with E-state index in [1.54, 1.807) is 0 Å². The summed E-state index contributed by atoms with van der Waals surface area (Å²) in [6.45, 7) is 33.9. The minimum absolute atomic E-state index is 0.00504. The van der Waals surface area contributed by atoms with E-state index in [-0.39, 0.29) is 44.7 Å². The zero-order chi connectivity index (χ0) is 50.4. The van der Waals surface area contributed by atoms with Crippen molar-refractivity contribution in [2.45, 2.75) is 167 Å². The van der Waals surface area contributed by atoms with Crippen molar-refractivity contribution >= 4 is 68.6 Å². The van der Waals surface area contributed by atoms with Crippen LogP contribution in [0.3, 0.4) is 0 Å². The van der Waals surface area contributed by atoms with Crippen molar-refractivity contribution < 1.29 is 0 Å². The normalized spacial score (nSPS) is 23.0. The summed E-state index contributed by atoms with van der Waals surface area (Å²) in [6.07, 6.45) is 5.77. The summed E-state index contributed by atoms with van der Waals surface area (Å²) in [6, 6.07) is 54.2. The van der Waals surface area contributed by atoms with Crippen LogP contribution in [0.25, 0.3) is 11.1 Å². The van der Waals surface area contributed by atoms with E-state index in [1.807, 2.05) is 0 Å². The third-order valence-corrected chi connectivity index (χ3v) is 19.6. The lowest BCUT2D eigenvalue weighted by molar-refractivity contribution is 0.330. The molecule has 6 aliphatic rings. The van der Waals surface area contributed by atoms with Crippen molar-refractivity contribution in [2.24, 2.45) is 0 Å². The van der Waals surface area contributed by atoms with Gasteiger partial charge in [-0.2, -0.15) is 0 Å². The van der Waals surface area contributed by atoms with Crippen molar-refractivity contribution in [2.75, 3.05) is 14.7 Å². The van der Waals surface area contributed by atoms with Crippen molar-refractivity contribution in [1.29, 1.82) is 0 Å². The van der Waals surface area contributed by atoms with Gasteiger partial charge in [0.1, 0.15) is 0 Å². The van der Waals surface area contributed by atoms with Gasteiger partial charge in [-0.1, -0.05) is 175 Å². The van der Waals surface area contributed by atoms with Gasteiger partial charge >= 0.3 is 0 Å². The van der Waals surface area contributed by atoms with Crippen LogP contribution in [0, 0.1) is 0 Å². The average Bonchev–Trinajstić information content (AvgIpc) is 3.74. The zero-order valence-corrected chi connectivity index (χ0v) is 45.7. The van der Waals surface area contributed by atoms with Crippen LogP contribution in [-0.4, -0.2) is 12.3 Å². The van der Waals surface area contributed by atoms with E-state index in [2.05, 4.69) is 245 Å². The van der Waals surface area contributed by atoms with E-state index in [0.29, 0.717) is 0 Å². The van der Waals surface area contributed by atoms with E-state index >= 15 is 0 Å². The summed E-state index contributed by atoms with van der Waals surface area (Å²) >= 11 is 0. The predicted molar refractivity (Wildman–Crippen MR) is 309 cm³/mol. The van der Waals surface area contributed by atoms with E-state index in [0.717, 1.165) is 19.3 Å². The molecule has 2 aliphatic carbocycles. The Labute approximate surface area is 431 Å². The second-order valence-electron chi connectivity index (χ2n) is 27.4. The maximum Gasteiger partial charge on any atom is 0.252 e. The molecule has 3 nitrogen and oxygen atoms in total. The van der Waals surface area contributed by atoms with Gasteiger partial charge in [-0.15, -0.1) is 0 Å². The molecule has 0 amide bonds. The first kappa shape index (κ1) is 45.8. The molecule has 7 aromatic rings. The molecule has 0 saturated heterocycles. The summed E-state index contributed by atoms with van der Waals surface area (Å²) in [5.74, 6) is 0. The van der Waals surface area contributed by atoms with Crippen LogP contribution in [0.2, 0.25) is 0 Å². The molecule has 3 atom stereocenters. The first-order valence-electron chi connectivity index (χ1n) is 27.3. The SMILES string of the molecule is CC(C)(C)c1ccc(N2c3ccccc3B3c4cc5c6cc4N(c4ccc(C(C)(C)C)cc4-c4cccc(c4)C6(C)CCC5(C)C)c4cc(N5c6ccc(C(C)(C)C)cc6C6(C)CCCC56C)cc2c43)cc1. The monoisotopic (exact) mass is 944 g/mol. The highest BCUT2D eigenvalue weighted by Gasteiger charge is 2.60. The number of fused-ring (bicyclic) bond motifs is 13. The van der Waals surface area contributed by atoms with Crippen molar-refractivity contribution in [3.8, 4) is 11.1 Å². The smallest absolute Gasteiger partial charge is 0.252 e. The Morgan fingerprint density at radius 3 is 1.81 bits per heavy atom. The van der Waals surface area contributed by atoms with Crippen LogP contribution in [0.5, 0.6) is 0 Å². The standard InChI is InChI=1S/C68H74BN3/c1-62(2,3)43-23-27-47(28-24-43)70-57-22-16-15-21-53(57)69-54-40-50-51-41-58(54)71(55-29-25-44(63(4,5)6)36-49(55)42-19-17-20-46(35-42)66(51,12)34-33-65(50,10)11)60-39-48(38-59(70)61(60)69)72-56-30-26-45(64(7,8)9)37-52(56)67(13)31-18-32-68(67,72)14/h15-17,19-30,35-41H,18,31-34H2,1-14H3. The van der Waals surface area contributed by atoms with E-state index in [9.17, 15) is 0 Å². The van der Waals surface area contributed by atoms with Crippen molar-refractivity contribution in [1.82, 2.24) is 0 Å². The lowest BCUT2D eigenvalue weighted by Crippen LogP contribution is -2.62. The van der Waals surface area contributed by atoms with E-state index < -0.39 is 0 Å². The summed E-state index contributed by atoms with van der Waals surface area (Å²) in [5, 5.41) is 0. The molecule has 4 heteroatoms. The molecule has 3 unspecified atom stereocenters. The highest BCUT2D eigenvalue weighted by molar-refractivity contribution is 7.00. The van der Waals surface area contributed by atoms with Crippen LogP contribution in [0.4, 0.5) is 45.5 Å². The minimum Gasteiger partial charge on any atom is -0.334 e. The number of hydrogen-bond acceptors (Lipinski definition) is 3. The van der Waals surface area contributed by atoms with Gasteiger partial charge < -0.3 is 14.7 Å². The fourth-order valence-corrected chi connectivity index (χ4v) is 14.8. The maximum absolute atomic E-state index is 2.82. The molecular weight excluding hydrogens is 870 g/mol. The largest absolute Gasteiger partial charge is 0.334 e. The third kappa shape index (κ3) is 6.17. The number of para-hydroxylation sites is 1. The van der Waals surface area contributed by atoms with Gasteiger partial charge in [-0.3, -0.25) is 0 Å². The van der Waals surface area contributed by atoms with Gasteiger partial charge in [0.15, 0.2) is 0 Å². The Hall–Kier alpha value is -6.00. The second kappa shape index (κ2) is 14.6. The van der Waals surface area contributed by atoms with Gasteiger partial charge in [0, 0.05) is 56.2 Å². The molecule has 0 N–H and O–H groups in total. The molecule has 7 aromatic carbocycles. The molecule has 4 bridgehead atoms. The first-order valence-corrected chi connectivity index (χ1v) is 27.3. The number of anilines is 8. The van der Waals surface area contributed by atoms with Crippen molar-refractivity contribution in [3.63, 3.8) is 0 Å². The molecule has 364 valence electrons. The quantitative estimate of drug-likeness (QED) is 0.160. The molecular formula is C68H74BN3.